The molecule has 2 heterocycles. The normalized spacial score (nSPS) is 15.8. The van der Waals surface area contributed by atoms with Crippen LogP contribution in [0.2, 0.25) is 0 Å². The highest BCUT2D eigenvalue weighted by atomic mass is 35.5. The lowest BCUT2D eigenvalue weighted by Gasteiger charge is -2.22. The molecule has 1 N–H and O–H groups in total. The summed E-state index contributed by atoms with van der Waals surface area (Å²) in [6.07, 6.45) is 2.31. The van der Waals surface area contributed by atoms with Crippen molar-refractivity contribution in [1.29, 1.82) is 0 Å². The molecule has 0 spiro atoms. The first-order valence-corrected chi connectivity index (χ1v) is 6.69. The number of benzene rings is 1. The molecule has 0 atom stereocenters. The van der Waals surface area contributed by atoms with Crippen molar-refractivity contribution in [1.82, 2.24) is 5.32 Å². The van der Waals surface area contributed by atoms with Gasteiger partial charge in [0.2, 0.25) is 0 Å². The summed E-state index contributed by atoms with van der Waals surface area (Å²) >= 11 is 0. The predicted octanol–water partition coefficient (Wildman–Crippen LogP) is 2.59. The first-order valence-electron chi connectivity index (χ1n) is 6.69. The number of halogens is 1. The van der Waals surface area contributed by atoms with Crippen molar-refractivity contribution < 1.29 is 9.15 Å². The van der Waals surface area contributed by atoms with Crippen LogP contribution >= 0.6 is 12.4 Å². The summed E-state index contributed by atoms with van der Waals surface area (Å²) in [7, 11) is 0. The molecule has 1 saturated heterocycles. The maximum atomic E-state index is 11.2. The maximum Gasteiger partial charge on any atom is 0.336 e. The molecule has 108 valence electrons. The van der Waals surface area contributed by atoms with Gasteiger partial charge in [-0.15, -0.1) is 12.4 Å². The Balaban J connectivity index is 0.00000147. The van der Waals surface area contributed by atoms with E-state index in [1.54, 1.807) is 12.1 Å². The Bertz CT molecular complexity index is 620. The van der Waals surface area contributed by atoms with E-state index in [-0.39, 0.29) is 18.0 Å². The Morgan fingerprint density at radius 2 is 1.95 bits per heavy atom. The molecule has 0 saturated carbocycles. The molecule has 0 amide bonds. The molecule has 20 heavy (non-hydrogen) atoms. The molecule has 1 aromatic heterocycles. The fourth-order valence-corrected chi connectivity index (χ4v) is 2.39. The van der Waals surface area contributed by atoms with Gasteiger partial charge in [0.15, 0.2) is 0 Å². The highest BCUT2D eigenvalue weighted by molar-refractivity contribution is 5.85. The van der Waals surface area contributed by atoms with Gasteiger partial charge in [-0.1, -0.05) is 0 Å². The monoisotopic (exact) mass is 295 g/mol. The van der Waals surface area contributed by atoms with E-state index in [9.17, 15) is 4.79 Å². The van der Waals surface area contributed by atoms with Crippen molar-refractivity contribution in [2.24, 2.45) is 5.92 Å². The van der Waals surface area contributed by atoms with E-state index in [0.29, 0.717) is 11.5 Å². The van der Waals surface area contributed by atoms with Gasteiger partial charge in [0.25, 0.3) is 0 Å². The van der Waals surface area contributed by atoms with E-state index in [2.05, 4.69) is 5.32 Å². The van der Waals surface area contributed by atoms with Crippen LogP contribution in [0.15, 0.2) is 39.5 Å². The predicted molar refractivity (Wildman–Crippen MR) is 80.8 cm³/mol. The minimum atomic E-state index is -0.331. The molecule has 2 aromatic rings. The fourth-order valence-electron chi connectivity index (χ4n) is 2.39. The number of hydrogen-bond acceptors (Lipinski definition) is 4. The average molecular weight is 296 g/mol. The number of hydrogen-bond donors (Lipinski definition) is 1. The zero-order chi connectivity index (χ0) is 13.1. The van der Waals surface area contributed by atoms with E-state index >= 15 is 0 Å². The van der Waals surface area contributed by atoms with Crippen LogP contribution in [0.25, 0.3) is 11.0 Å². The third-order valence-electron chi connectivity index (χ3n) is 3.54. The van der Waals surface area contributed by atoms with E-state index in [0.717, 1.165) is 43.7 Å². The molecule has 1 aliphatic rings. The lowest BCUT2D eigenvalue weighted by Crippen LogP contribution is -2.30. The molecule has 3 rings (SSSR count). The molecule has 0 unspecified atom stereocenters. The highest BCUT2D eigenvalue weighted by Crippen LogP contribution is 2.21. The lowest BCUT2D eigenvalue weighted by molar-refractivity contribution is 0.215. The van der Waals surface area contributed by atoms with Gasteiger partial charge in [-0.05, 0) is 50.0 Å². The minimum Gasteiger partial charge on any atom is -0.493 e. The van der Waals surface area contributed by atoms with Crippen LogP contribution < -0.4 is 15.7 Å². The van der Waals surface area contributed by atoms with Crippen LogP contribution in [-0.4, -0.2) is 19.7 Å². The Hall–Kier alpha value is -1.52. The number of nitrogens with one attached hydrogen (secondary N) is 1. The van der Waals surface area contributed by atoms with E-state index < -0.39 is 0 Å². The van der Waals surface area contributed by atoms with Gasteiger partial charge in [0, 0.05) is 17.5 Å². The molecule has 0 bridgehead atoms. The second-order valence-electron chi connectivity index (χ2n) is 4.96. The van der Waals surface area contributed by atoms with E-state index in [1.807, 2.05) is 12.1 Å². The molecular formula is C15H18ClNO3. The van der Waals surface area contributed by atoms with Gasteiger partial charge in [0.1, 0.15) is 11.3 Å². The number of piperidine rings is 1. The molecule has 1 aromatic carbocycles. The van der Waals surface area contributed by atoms with E-state index in [1.165, 1.54) is 6.07 Å². The summed E-state index contributed by atoms with van der Waals surface area (Å²) in [5.41, 5.74) is 0.248. The summed E-state index contributed by atoms with van der Waals surface area (Å²) in [4.78, 5) is 11.2. The summed E-state index contributed by atoms with van der Waals surface area (Å²) in [6, 6.07) is 8.81. The zero-order valence-electron chi connectivity index (χ0n) is 11.1. The third-order valence-corrected chi connectivity index (χ3v) is 3.54. The van der Waals surface area contributed by atoms with Crippen molar-refractivity contribution in [3.63, 3.8) is 0 Å². The van der Waals surface area contributed by atoms with Crippen molar-refractivity contribution >= 4 is 23.4 Å². The van der Waals surface area contributed by atoms with Gasteiger partial charge in [0.05, 0.1) is 6.61 Å². The molecule has 1 aliphatic heterocycles. The van der Waals surface area contributed by atoms with Crippen molar-refractivity contribution in [3.8, 4) is 5.75 Å². The van der Waals surface area contributed by atoms with E-state index in [4.69, 9.17) is 9.15 Å². The summed E-state index contributed by atoms with van der Waals surface area (Å²) < 4.78 is 11.0. The maximum absolute atomic E-state index is 11.2. The zero-order valence-corrected chi connectivity index (χ0v) is 11.9. The first kappa shape index (κ1) is 14.9. The van der Waals surface area contributed by atoms with Crippen LogP contribution in [0.5, 0.6) is 5.75 Å². The van der Waals surface area contributed by atoms with Gasteiger partial charge < -0.3 is 14.5 Å². The topological polar surface area (TPSA) is 51.5 Å². The van der Waals surface area contributed by atoms with Gasteiger partial charge in [-0.3, -0.25) is 0 Å². The molecule has 4 nitrogen and oxygen atoms in total. The third kappa shape index (κ3) is 3.52. The Labute approximate surface area is 123 Å². The summed E-state index contributed by atoms with van der Waals surface area (Å²) in [5, 5.41) is 4.25. The second-order valence-corrected chi connectivity index (χ2v) is 4.96. The smallest absolute Gasteiger partial charge is 0.336 e. The van der Waals surface area contributed by atoms with Gasteiger partial charge in [-0.2, -0.15) is 0 Å². The number of rotatable bonds is 3. The average Bonchev–Trinajstić information content (AvgIpc) is 2.46. The summed E-state index contributed by atoms with van der Waals surface area (Å²) in [5.74, 6) is 1.38. The molecule has 5 heteroatoms. The summed E-state index contributed by atoms with van der Waals surface area (Å²) in [6.45, 7) is 2.87. The van der Waals surface area contributed by atoms with Crippen LogP contribution in [0.1, 0.15) is 12.8 Å². The lowest BCUT2D eigenvalue weighted by atomic mass is 9.99. The Morgan fingerprint density at radius 3 is 2.75 bits per heavy atom. The van der Waals surface area contributed by atoms with Crippen molar-refractivity contribution in [2.45, 2.75) is 12.8 Å². The second kappa shape index (κ2) is 6.77. The number of fused-ring (bicyclic) bond motifs is 1. The minimum absolute atomic E-state index is 0. The van der Waals surface area contributed by atoms with Crippen LogP contribution in [-0.2, 0) is 0 Å². The van der Waals surface area contributed by atoms with Crippen LogP contribution in [0.4, 0.5) is 0 Å². The molecule has 0 radical (unpaired) electrons. The van der Waals surface area contributed by atoms with Gasteiger partial charge in [-0.25, -0.2) is 4.79 Å². The molecule has 0 aliphatic carbocycles. The molecule has 1 fully saturated rings. The van der Waals surface area contributed by atoms with Crippen LogP contribution in [0, 0.1) is 5.92 Å². The van der Waals surface area contributed by atoms with Crippen molar-refractivity contribution in [2.75, 3.05) is 19.7 Å². The standard InChI is InChI=1S/C15H17NO3.ClH/c17-15-4-2-12-1-3-13(9-14(12)19-15)18-10-11-5-7-16-8-6-11;/h1-4,9,11,16H,5-8,10H2;1H. The Kier molecular flexibility index (Phi) is 5.04. The largest absolute Gasteiger partial charge is 0.493 e. The Morgan fingerprint density at radius 1 is 1.20 bits per heavy atom. The van der Waals surface area contributed by atoms with Crippen molar-refractivity contribution in [3.05, 3.63) is 40.8 Å². The SMILES string of the molecule is Cl.O=c1ccc2ccc(OCC3CCNCC3)cc2o1. The number of ether oxygens (including phenoxy) is 1. The molecular weight excluding hydrogens is 278 g/mol. The quantitative estimate of drug-likeness (QED) is 0.884. The fraction of sp³-hybridized carbons (Fsp3) is 0.400. The van der Waals surface area contributed by atoms with Crippen LogP contribution in [0.3, 0.4) is 0 Å². The van der Waals surface area contributed by atoms with Gasteiger partial charge >= 0.3 is 5.63 Å². The first-order chi connectivity index (χ1) is 9.31. The highest BCUT2D eigenvalue weighted by Gasteiger charge is 2.13.